The van der Waals surface area contributed by atoms with Crippen LogP contribution in [0, 0.1) is 17.1 Å². The largest absolute Gasteiger partial charge is 0.339 e. The number of anilines is 1. The Morgan fingerprint density at radius 3 is 2.65 bits per heavy atom. The first-order valence-corrected chi connectivity index (χ1v) is 12.4. The fourth-order valence-corrected chi connectivity index (χ4v) is 5.85. The second-order valence-electron chi connectivity index (χ2n) is 9.94. The van der Waals surface area contributed by atoms with Crippen LogP contribution in [-0.4, -0.2) is 58.0 Å². The number of rotatable bonds is 4. The third-order valence-electron chi connectivity index (χ3n) is 7.73. The average molecular weight is 521 g/mol. The molecule has 2 fully saturated rings. The molecule has 9 nitrogen and oxygen atoms in total. The number of amides is 3. The first-order chi connectivity index (χ1) is 17.8. The van der Waals surface area contributed by atoms with Crippen molar-refractivity contribution in [1.82, 2.24) is 20.4 Å². The number of nitrogens with one attached hydrogen (secondary N) is 2. The number of hydrogen-bond donors (Lipinski definition) is 2. The Balaban J connectivity index is 1.26. The maximum Gasteiger partial charge on any atom is 0.253 e. The van der Waals surface area contributed by atoms with Gasteiger partial charge in [0.25, 0.3) is 5.91 Å². The molecule has 0 radical (unpaired) electrons. The van der Waals surface area contributed by atoms with Crippen LogP contribution in [0.3, 0.4) is 0 Å². The Bertz CT molecular complexity index is 1520. The van der Waals surface area contributed by atoms with Crippen LogP contribution in [0.1, 0.15) is 41.6 Å². The number of aromatic amines is 1. The summed E-state index contributed by atoms with van der Waals surface area (Å²) in [5, 5.41) is 19.5. The van der Waals surface area contributed by atoms with Crippen LogP contribution < -0.4 is 10.2 Å². The molecule has 3 aliphatic rings. The van der Waals surface area contributed by atoms with Gasteiger partial charge in [0.1, 0.15) is 17.9 Å². The van der Waals surface area contributed by atoms with Gasteiger partial charge in [-0.3, -0.25) is 19.5 Å². The number of benzene rings is 2. The van der Waals surface area contributed by atoms with Gasteiger partial charge in [-0.25, -0.2) is 4.39 Å². The molecule has 188 valence electrons. The molecule has 1 aromatic heterocycles. The Hall–Kier alpha value is -3.97. The molecule has 1 aliphatic carbocycles. The third-order valence-corrected chi connectivity index (χ3v) is 8.10. The highest BCUT2D eigenvalue weighted by Crippen LogP contribution is 2.51. The van der Waals surface area contributed by atoms with Crippen molar-refractivity contribution in [3.63, 3.8) is 0 Å². The molecule has 3 aromatic rings. The van der Waals surface area contributed by atoms with Gasteiger partial charge in [0.2, 0.25) is 11.8 Å². The zero-order valence-corrected chi connectivity index (χ0v) is 20.4. The van der Waals surface area contributed by atoms with E-state index >= 15 is 0 Å². The van der Waals surface area contributed by atoms with E-state index in [4.69, 9.17) is 11.6 Å². The first kappa shape index (κ1) is 23.4. The lowest BCUT2D eigenvalue weighted by molar-refractivity contribution is -0.127. The zero-order valence-electron chi connectivity index (χ0n) is 19.7. The van der Waals surface area contributed by atoms with E-state index in [1.54, 1.807) is 29.3 Å². The van der Waals surface area contributed by atoms with Crippen molar-refractivity contribution in [3.05, 3.63) is 58.5 Å². The van der Waals surface area contributed by atoms with Gasteiger partial charge in [0.15, 0.2) is 0 Å². The van der Waals surface area contributed by atoms with E-state index in [9.17, 15) is 24.0 Å². The summed E-state index contributed by atoms with van der Waals surface area (Å²) in [6.45, 7) is 0.224. The Labute approximate surface area is 216 Å². The van der Waals surface area contributed by atoms with Gasteiger partial charge in [0, 0.05) is 29.6 Å². The van der Waals surface area contributed by atoms with E-state index < -0.39 is 22.7 Å². The second kappa shape index (κ2) is 8.28. The quantitative estimate of drug-likeness (QED) is 0.547. The molecule has 1 spiro atoms. The van der Waals surface area contributed by atoms with Crippen molar-refractivity contribution in [2.45, 2.75) is 36.6 Å². The van der Waals surface area contributed by atoms with Crippen molar-refractivity contribution in [2.75, 3.05) is 24.5 Å². The smallest absolute Gasteiger partial charge is 0.253 e. The highest BCUT2D eigenvalue weighted by Gasteiger charge is 2.55. The topological polar surface area (TPSA) is 122 Å². The molecule has 0 unspecified atom stereocenters. The molecule has 2 N–H and O–H groups in total. The number of nitriles is 1. The normalized spacial score (nSPS) is 19.1. The molecule has 0 bridgehead atoms. The first-order valence-electron chi connectivity index (χ1n) is 12.0. The van der Waals surface area contributed by atoms with Crippen LogP contribution in [0.5, 0.6) is 0 Å². The standard InChI is InChI=1S/C26H22ClFN6O3/c27-22-17(28)2-4-19-21(22)26(24(37)34(19)13-20(35)31-25(14-29)5-6-25)7-9-33(10-8-26)23(36)15-1-3-18-16(11-15)12-30-32-18/h1-4,11-12H,5-10,13H2,(H,30,32)(H,31,35). The minimum Gasteiger partial charge on any atom is -0.339 e. The summed E-state index contributed by atoms with van der Waals surface area (Å²) < 4.78 is 14.6. The van der Waals surface area contributed by atoms with Gasteiger partial charge in [-0.05, 0) is 56.0 Å². The van der Waals surface area contributed by atoms with Crippen molar-refractivity contribution in [1.29, 1.82) is 5.26 Å². The molecule has 37 heavy (non-hydrogen) atoms. The highest BCUT2D eigenvalue weighted by atomic mass is 35.5. The molecular weight excluding hydrogens is 499 g/mol. The molecule has 6 rings (SSSR count). The minimum atomic E-state index is -1.15. The van der Waals surface area contributed by atoms with Crippen LogP contribution in [-0.2, 0) is 15.0 Å². The number of aromatic nitrogens is 2. The number of hydrogen-bond acceptors (Lipinski definition) is 5. The maximum absolute atomic E-state index is 14.6. The summed E-state index contributed by atoms with van der Waals surface area (Å²) in [4.78, 5) is 42.8. The fraction of sp³-hybridized carbons (Fsp3) is 0.346. The predicted molar refractivity (Wildman–Crippen MR) is 132 cm³/mol. The Kier molecular flexibility index (Phi) is 5.24. The number of carbonyl (C=O) groups is 3. The molecule has 1 saturated carbocycles. The van der Waals surface area contributed by atoms with Crippen LogP contribution in [0.15, 0.2) is 36.5 Å². The third kappa shape index (κ3) is 3.64. The molecule has 11 heteroatoms. The average Bonchev–Trinajstić information content (AvgIpc) is 3.44. The van der Waals surface area contributed by atoms with Crippen molar-refractivity contribution in [3.8, 4) is 6.07 Å². The van der Waals surface area contributed by atoms with Crippen molar-refractivity contribution in [2.24, 2.45) is 0 Å². The van der Waals surface area contributed by atoms with Gasteiger partial charge < -0.3 is 15.1 Å². The number of halogens is 2. The number of H-pyrrole nitrogens is 1. The lowest BCUT2D eigenvalue weighted by Crippen LogP contribution is -2.52. The van der Waals surface area contributed by atoms with E-state index in [2.05, 4.69) is 21.6 Å². The Morgan fingerprint density at radius 2 is 1.95 bits per heavy atom. The summed E-state index contributed by atoms with van der Waals surface area (Å²) >= 11 is 6.42. The summed E-state index contributed by atoms with van der Waals surface area (Å²) in [7, 11) is 0. The second-order valence-corrected chi connectivity index (χ2v) is 10.3. The lowest BCUT2D eigenvalue weighted by atomic mass is 9.73. The fourth-order valence-electron chi connectivity index (χ4n) is 5.51. The number of fused-ring (bicyclic) bond motifs is 3. The molecule has 2 aromatic carbocycles. The number of likely N-dealkylation sites (tertiary alicyclic amines) is 1. The van der Waals surface area contributed by atoms with Gasteiger partial charge in [-0.1, -0.05) is 11.6 Å². The number of carbonyl (C=O) groups excluding carboxylic acids is 3. The SMILES string of the molecule is N#CC1(NC(=O)CN2C(=O)C3(CCN(C(=O)c4ccc5[nH]ncc5c4)CC3)c3c2ccc(F)c3Cl)CC1. The van der Waals surface area contributed by atoms with E-state index in [1.165, 1.54) is 17.0 Å². The molecule has 0 atom stereocenters. The van der Waals surface area contributed by atoms with Gasteiger partial charge in [-0.15, -0.1) is 0 Å². The summed E-state index contributed by atoms with van der Waals surface area (Å²) in [6.07, 6.45) is 3.26. The Morgan fingerprint density at radius 1 is 1.19 bits per heavy atom. The van der Waals surface area contributed by atoms with Crippen molar-refractivity contribution < 1.29 is 18.8 Å². The molecule has 3 heterocycles. The van der Waals surface area contributed by atoms with Crippen molar-refractivity contribution >= 4 is 45.9 Å². The van der Waals surface area contributed by atoms with Crippen LogP contribution in [0.2, 0.25) is 5.02 Å². The van der Waals surface area contributed by atoms with E-state index in [0.717, 1.165) is 10.9 Å². The van der Waals surface area contributed by atoms with E-state index in [1.807, 2.05) is 0 Å². The molecule has 2 aliphatic heterocycles. The molecule has 1 saturated heterocycles. The zero-order chi connectivity index (χ0) is 25.9. The summed E-state index contributed by atoms with van der Waals surface area (Å²) in [5.41, 5.74) is 0.0691. The van der Waals surface area contributed by atoms with E-state index in [0.29, 0.717) is 29.7 Å². The molecular formula is C26H22ClFN6O3. The van der Waals surface area contributed by atoms with E-state index in [-0.39, 0.29) is 49.3 Å². The number of nitrogens with zero attached hydrogens (tertiary/aromatic N) is 4. The minimum absolute atomic E-state index is 0.144. The predicted octanol–water partition coefficient (Wildman–Crippen LogP) is 3.05. The number of piperidine rings is 1. The highest BCUT2D eigenvalue weighted by molar-refractivity contribution is 6.33. The maximum atomic E-state index is 14.6. The summed E-state index contributed by atoms with van der Waals surface area (Å²) in [6, 6.07) is 10.0. The monoisotopic (exact) mass is 520 g/mol. The van der Waals surface area contributed by atoms with Gasteiger partial charge >= 0.3 is 0 Å². The van der Waals surface area contributed by atoms with Crippen LogP contribution >= 0.6 is 11.6 Å². The van der Waals surface area contributed by atoms with Gasteiger partial charge in [-0.2, -0.15) is 10.4 Å². The van der Waals surface area contributed by atoms with Crippen LogP contribution in [0.4, 0.5) is 10.1 Å². The van der Waals surface area contributed by atoms with Gasteiger partial charge in [0.05, 0.1) is 33.9 Å². The summed E-state index contributed by atoms with van der Waals surface area (Å²) in [5.74, 6) is -1.62. The van der Waals surface area contributed by atoms with Crippen LogP contribution in [0.25, 0.3) is 10.9 Å². The molecule has 3 amide bonds. The lowest BCUT2D eigenvalue weighted by Gasteiger charge is -2.38.